The van der Waals surface area contributed by atoms with E-state index in [1.807, 2.05) is 0 Å². The number of thioether (sulfide) groups is 6. The molecule has 0 aliphatic carbocycles. The number of benzene rings is 4. The highest BCUT2D eigenvalue weighted by Crippen LogP contribution is 2.48. The molecule has 0 bridgehead atoms. The van der Waals surface area contributed by atoms with Gasteiger partial charge in [-0.3, -0.25) is 0 Å². The van der Waals surface area contributed by atoms with Gasteiger partial charge in [-0.15, -0.1) is 70.6 Å². The predicted molar refractivity (Wildman–Crippen MR) is 621 cm³/mol. The Morgan fingerprint density at radius 1 is 0.0985 bits per heavy atom. The lowest BCUT2D eigenvalue weighted by atomic mass is 9.94. The van der Waals surface area contributed by atoms with Gasteiger partial charge in [-0.2, -0.15) is 0 Å². The van der Waals surface area contributed by atoms with E-state index in [0.29, 0.717) is 0 Å². The van der Waals surface area contributed by atoms with E-state index in [4.69, 9.17) is 0 Å². The largest absolute Gasteiger partial charge is 0.125 e. The van der Waals surface area contributed by atoms with E-state index in [9.17, 15) is 0 Å². The topological polar surface area (TPSA) is 0 Å². The molecular weight excluding hydrogens is 1710 g/mol. The molecule has 0 fully saturated rings. The molecule has 0 saturated heterocycles. The van der Waals surface area contributed by atoms with Crippen molar-refractivity contribution in [3.8, 4) is 0 Å². The van der Waals surface area contributed by atoms with Crippen LogP contribution in [0.1, 0.15) is 658 Å². The van der Waals surface area contributed by atoms with Gasteiger partial charge in [0.1, 0.15) is 0 Å². The Morgan fingerprint density at radius 3 is 0.242 bits per heavy atom. The van der Waals surface area contributed by atoms with Crippen molar-refractivity contribution in [3.63, 3.8) is 0 Å². The first kappa shape index (κ1) is 124. The van der Waals surface area contributed by atoms with E-state index < -0.39 is 0 Å². The van der Waals surface area contributed by atoms with Gasteiger partial charge in [0, 0.05) is 29.4 Å². The SMILES string of the molecule is CCCCCCCCCCCCCCCCCCSc1cc2c3cc(SCCCCCCCCCCCCCCCCCC)c(SCCCCCCCCCCCCCCCCCC)cc3c3cc(SCCCCCCCCCCCCCCCCCC)c(SCCCCCCCCCCCCCCCCCC)cc3c2cc1SCCCCCCCCCCCCCCCCCC. The lowest BCUT2D eigenvalue weighted by Crippen LogP contribution is -1.94. The summed E-state index contributed by atoms with van der Waals surface area (Å²) in [6.45, 7) is 14.1. The molecule has 0 unspecified atom stereocenters. The Balaban J connectivity index is 1.70. The van der Waals surface area contributed by atoms with Crippen LogP contribution in [0.15, 0.2) is 65.8 Å². The maximum Gasteiger partial charge on any atom is 0.0215 e. The first-order valence-electron chi connectivity index (χ1n) is 60.9. The molecular formula is C126H228S6. The predicted octanol–water partition coefficient (Wildman–Crippen LogP) is 49.3. The van der Waals surface area contributed by atoms with Crippen molar-refractivity contribution in [3.05, 3.63) is 36.4 Å². The fraction of sp³-hybridized carbons (Fsp3) is 0.857. The summed E-state index contributed by atoms with van der Waals surface area (Å²) < 4.78 is 0. The van der Waals surface area contributed by atoms with Crippen LogP contribution in [-0.4, -0.2) is 34.5 Å². The Hall–Kier alpha value is -0.240. The zero-order valence-corrected chi connectivity index (χ0v) is 94.9. The third-order valence-corrected chi connectivity index (χ3v) is 36.9. The number of hydrogen-bond donors (Lipinski definition) is 0. The quantitative estimate of drug-likeness (QED) is 0.0244. The average molecular weight is 1940 g/mol. The third-order valence-electron chi connectivity index (χ3n) is 29.7. The molecule has 0 aromatic heterocycles. The van der Waals surface area contributed by atoms with Gasteiger partial charge >= 0.3 is 0 Å². The second kappa shape index (κ2) is 98.2. The lowest BCUT2D eigenvalue weighted by Gasteiger charge is -2.20. The molecule has 0 heterocycles. The number of unbranched alkanes of at least 4 members (excludes halogenated alkanes) is 90. The number of fused-ring (bicyclic) bond motifs is 6. The first-order valence-corrected chi connectivity index (χ1v) is 66.8. The normalized spacial score (nSPS) is 12.0. The van der Waals surface area contributed by atoms with Crippen molar-refractivity contribution in [1.29, 1.82) is 0 Å². The Bertz CT molecular complexity index is 2490. The standard InChI is InChI=1S/C126H228S6/c1-7-13-19-25-31-37-43-49-55-61-67-73-79-85-91-97-103-127-121-109-115-116(110-122(121)128-104-98-92-86-80-74-68-62-56-50-44-38-32-26-20-14-8-2)118-112-124(130-106-100-94-88-82-76-70-64-58-52-46-40-34-28-22-16-10-4)126(132-108-102-96-90-84-78-72-66-60-54-48-42-36-30-24-18-12-6)114-120(118)119-113-125(131-107-101-95-89-83-77-71-65-59-53-47-41-35-29-23-17-11-5)123(111-117(115)119)129-105-99-93-87-81-75-69-63-57-51-45-39-33-27-21-15-9-3/h109-114H,7-108H2,1-6H3. The molecule has 4 rings (SSSR count). The van der Waals surface area contributed by atoms with Gasteiger partial charge in [0.05, 0.1) is 0 Å². The molecule has 132 heavy (non-hydrogen) atoms. The summed E-state index contributed by atoms with van der Waals surface area (Å²) in [4.78, 5) is 9.49. The smallest absolute Gasteiger partial charge is 0.0215 e. The Labute approximate surface area is 854 Å². The number of hydrogen-bond acceptors (Lipinski definition) is 6. The van der Waals surface area contributed by atoms with Crippen molar-refractivity contribution in [2.24, 2.45) is 0 Å². The van der Waals surface area contributed by atoms with Crippen LogP contribution in [-0.2, 0) is 0 Å². The van der Waals surface area contributed by atoms with Gasteiger partial charge in [-0.05, 0) is 142 Å². The Morgan fingerprint density at radius 2 is 0.167 bits per heavy atom. The molecule has 0 atom stereocenters. The van der Waals surface area contributed by atoms with Gasteiger partial charge in [0.2, 0.25) is 0 Å². The maximum absolute atomic E-state index is 2.81. The minimum absolute atomic E-state index is 1.24. The molecule has 768 valence electrons. The van der Waals surface area contributed by atoms with Gasteiger partial charge in [-0.1, -0.05) is 619 Å². The molecule has 0 nitrogen and oxygen atoms in total. The molecule has 4 aromatic rings. The summed E-state index contributed by atoms with van der Waals surface area (Å²) in [5.74, 6) is 7.43. The van der Waals surface area contributed by atoms with Crippen molar-refractivity contribution < 1.29 is 0 Å². The minimum Gasteiger partial charge on any atom is -0.125 e. The molecule has 6 heteroatoms. The summed E-state index contributed by atoms with van der Waals surface area (Å²) in [6.07, 6.45) is 137. The van der Waals surface area contributed by atoms with Crippen molar-refractivity contribution >= 4 is 103 Å². The van der Waals surface area contributed by atoms with Gasteiger partial charge < -0.3 is 0 Å². The fourth-order valence-electron chi connectivity index (χ4n) is 20.7. The van der Waals surface area contributed by atoms with E-state index in [1.165, 1.54) is 651 Å². The second-order valence-electron chi connectivity index (χ2n) is 42.4. The highest BCUT2D eigenvalue weighted by molar-refractivity contribution is 8.03. The van der Waals surface area contributed by atoms with E-state index >= 15 is 0 Å². The van der Waals surface area contributed by atoms with Crippen LogP contribution in [0.3, 0.4) is 0 Å². The summed E-state index contributed by atoms with van der Waals surface area (Å²) in [7, 11) is 0. The van der Waals surface area contributed by atoms with Crippen LogP contribution in [0.2, 0.25) is 0 Å². The van der Waals surface area contributed by atoms with Gasteiger partial charge in [0.15, 0.2) is 0 Å². The molecule has 0 spiro atoms. The lowest BCUT2D eigenvalue weighted by molar-refractivity contribution is 0.531. The summed E-state index contributed by atoms with van der Waals surface area (Å²) in [5.41, 5.74) is 0. The van der Waals surface area contributed by atoms with Crippen LogP contribution < -0.4 is 0 Å². The molecule has 0 radical (unpaired) electrons. The van der Waals surface area contributed by atoms with Crippen molar-refractivity contribution in [1.82, 2.24) is 0 Å². The zero-order valence-electron chi connectivity index (χ0n) is 90.0. The van der Waals surface area contributed by atoms with Crippen molar-refractivity contribution in [2.45, 2.75) is 687 Å². The minimum atomic E-state index is 1.24. The van der Waals surface area contributed by atoms with E-state index in [0.717, 1.165) is 0 Å². The third kappa shape index (κ3) is 71.3. The van der Waals surface area contributed by atoms with Crippen molar-refractivity contribution in [2.75, 3.05) is 34.5 Å². The van der Waals surface area contributed by atoms with Crippen LogP contribution in [0.25, 0.3) is 32.3 Å². The van der Waals surface area contributed by atoms with Crippen LogP contribution in [0.4, 0.5) is 0 Å². The van der Waals surface area contributed by atoms with E-state index in [-0.39, 0.29) is 0 Å². The van der Waals surface area contributed by atoms with Crippen LogP contribution >= 0.6 is 70.6 Å². The summed E-state index contributed by atoms with van der Waals surface area (Å²) >= 11 is 13.5. The summed E-state index contributed by atoms with van der Waals surface area (Å²) in [5, 5.41) is 9.25. The monoisotopic (exact) mass is 1930 g/mol. The molecule has 0 amide bonds. The Kier molecular flexibility index (Phi) is 92.3. The van der Waals surface area contributed by atoms with Gasteiger partial charge in [0.25, 0.3) is 0 Å². The van der Waals surface area contributed by atoms with Crippen LogP contribution in [0.5, 0.6) is 0 Å². The highest BCUT2D eigenvalue weighted by atomic mass is 32.2. The molecule has 0 saturated carbocycles. The molecule has 0 N–H and O–H groups in total. The second-order valence-corrected chi connectivity index (χ2v) is 49.3. The molecule has 0 aliphatic heterocycles. The molecule has 0 aliphatic rings. The van der Waals surface area contributed by atoms with Crippen LogP contribution in [0, 0.1) is 0 Å². The summed E-state index contributed by atoms with van der Waals surface area (Å²) in [6, 6.07) is 16.8. The number of rotatable bonds is 108. The first-order chi connectivity index (χ1) is 65.6. The average Bonchev–Trinajstić information content (AvgIpc) is 0.725. The molecule has 4 aromatic carbocycles. The van der Waals surface area contributed by atoms with E-state index in [1.54, 1.807) is 61.7 Å². The maximum atomic E-state index is 2.81. The van der Waals surface area contributed by atoms with E-state index in [2.05, 4.69) is 149 Å². The zero-order chi connectivity index (χ0) is 93.5. The highest BCUT2D eigenvalue weighted by Gasteiger charge is 2.21. The van der Waals surface area contributed by atoms with Gasteiger partial charge in [-0.25, -0.2) is 0 Å². The fourth-order valence-corrected chi connectivity index (χ4v) is 27.6.